The maximum absolute atomic E-state index is 10.2. The van der Waals surface area contributed by atoms with Crippen molar-refractivity contribution in [3.63, 3.8) is 0 Å². The van der Waals surface area contributed by atoms with E-state index in [-0.39, 0.29) is 6.04 Å². The fourth-order valence-electron chi connectivity index (χ4n) is 5.69. The summed E-state index contributed by atoms with van der Waals surface area (Å²) in [6.45, 7) is 3.64. The lowest BCUT2D eigenvalue weighted by atomic mass is 9.94. The van der Waals surface area contributed by atoms with E-state index in [1.807, 2.05) is 30.3 Å². The van der Waals surface area contributed by atoms with Gasteiger partial charge in [-0.3, -0.25) is 9.98 Å². The summed E-state index contributed by atoms with van der Waals surface area (Å²) in [5.74, 6) is 5.98. The largest absolute Gasteiger partial charge is 0.377 e. The minimum atomic E-state index is -0.414. The second kappa shape index (κ2) is 12.3. The number of rotatable bonds is 10. The Morgan fingerprint density at radius 2 is 1.88 bits per heavy atom. The molecule has 0 spiro atoms. The van der Waals surface area contributed by atoms with E-state index < -0.39 is 6.04 Å². The van der Waals surface area contributed by atoms with Crippen molar-refractivity contribution in [3.05, 3.63) is 100 Å². The Labute approximate surface area is 251 Å². The maximum atomic E-state index is 10.2. The first-order valence-electron chi connectivity index (χ1n) is 14.6. The minimum Gasteiger partial charge on any atom is -0.377 e. The van der Waals surface area contributed by atoms with E-state index in [2.05, 4.69) is 74.4 Å². The fraction of sp³-hybridized carbons (Fsp3) is 0.265. The molecule has 1 aromatic heterocycles. The van der Waals surface area contributed by atoms with Gasteiger partial charge in [0, 0.05) is 36.6 Å². The Morgan fingerprint density at radius 3 is 2.60 bits per heavy atom. The molecule has 9 heteroatoms. The number of aliphatic imine (C=N–C) groups is 1. The van der Waals surface area contributed by atoms with Gasteiger partial charge in [-0.15, -0.1) is 0 Å². The van der Waals surface area contributed by atoms with Crippen LogP contribution in [0.1, 0.15) is 71.7 Å². The molecular weight excluding hydrogens is 534 g/mol. The molecule has 3 aromatic carbocycles. The van der Waals surface area contributed by atoms with Crippen LogP contribution in [0.15, 0.2) is 77.0 Å². The number of hydrogen-bond acceptors (Lipinski definition) is 9. The molecule has 1 aliphatic carbocycles. The number of nitrogens with two attached hydrogens (primary N) is 1. The fourth-order valence-corrected chi connectivity index (χ4v) is 5.69. The summed E-state index contributed by atoms with van der Waals surface area (Å²) >= 11 is 0. The molecule has 214 valence electrons. The van der Waals surface area contributed by atoms with Crippen molar-refractivity contribution in [1.82, 2.24) is 10.3 Å². The topological polar surface area (TPSA) is 147 Å². The summed E-state index contributed by atoms with van der Waals surface area (Å²) in [5, 5.41) is 35.8. The van der Waals surface area contributed by atoms with Gasteiger partial charge < -0.3 is 21.8 Å². The van der Waals surface area contributed by atoms with Gasteiger partial charge in [-0.25, -0.2) is 0 Å². The molecule has 2 aliphatic rings. The highest BCUT2D eigenvalue weighted by Crippen LogP contribution is 2.36. The van der Waals surface area contributed by atoms with Crippen molar-refractivity contribution >= 4 is 34.2 Å². The number of nitrogens with zero attached hydrogens (tertiary/aromatic N) is 5. The second-order valence-corrected chi connectivity index (χ2v) is 10.9. The summed E-state index contributed by atoms with van der Waals surface area (Å²) in [7, 11) is 0. The van der Waals surface area contributed by atoms with Crippen molar-refractivity contribution in [3.8, 4) is 12.1 Å². The zero-order chi connectivity index (χ0) is 29.8. The lowest BCUT2D eigenvalue weighted by molar-refractivity contribution is 0.750. The Bertz CT molecular complexity index is 1790. The molecule has 5 N–H and O–H groups in total. The first kappa shape index (κ1) is 27.9. The van der Waals surface area contributed by atoms with Crippen molar-refractivity contribution in [2.45, 2.75) is 57.4 Å². The number of benzene rings is 3. The van der Waals surface area contributed by atoms with Crippen LogP contribution in [0.2, 0.25) is 0 Å². The van der Waals surface area contributed by atoms with Crippen LogP contribution in [0.5, 0.6) is 0 Å². The smallest absolute Gasteiger partial charge is 0.105 e. The van der Waals surface area contributed by atoms with Crippen LogP contribution in [-0.4, -0.2) is 23.0 Å². The molecule has 1 aliphatic heterocycles. The van der Waals surface area contributed by atoms with Crippen LogP contribution < -0.4 is 21.8 Å². The van der Waals surface area contributed by atoms with E-state index >= 15 is 0 Å². The summed E-state index contributed by atoms with van der Waals surface area (Å²) < 4.78 is 0. The molecule has 43 heavy (non-hydrogen) atoms. The predicted molar refractivity (Wildman–Crippen MR) is 171 cm³/mol. The number of nitrogens with one attached hydrogen (secondary N) is 3. The van der Waals surface area contributed by atoms with Gasteiger partial charge >= 0.3 is 0 Å². The van der Waals surface area contributed by atoms with Crippen molar-refractivity contribution < 1.29 is 0 Å². The lowest BCUT2D eigenvalue weighted by Crippen LogP contribution is -2.25. The molecule has 1 saturated carbocycles. The number of nitriles is 2. The van der Waals surface area contributed by atoms with Gasteiger partial charge in [0.1, 0.15) is 17.9 Å². The lowest BCUT2D eigenvalue weighted by Gasteiger charge is -2.24. The summed E-state index contributed by atoms with van der Waals surface area (Å²) in [6, 6.07) is 24.6. The van der Waals surface area contributed by atoms with Gasteiger partial charge in [0.05, 0.1) is 40.5 Å². The summed E-state index contributed by atoms with van der Waals surface area (Å²) in [6.07, 6.45) is 6.25. The molecule has 4 aromatic rings. The zero-order valence-electron chi connectivity index (χ0n) is 24.0. The van der Waals surface area contributed by atoms with E-state index in [9.17, 15) is 10.5 Å². The normalized spacial score (nSPS) is 15.9. The maximum Gasteiger partial charge on any atom is 0.105 e. The highest BCUT2D eigenvalue weighted by atomic mass is 15.1. The van der Waals surface area contributed by atoms with E-state index in [0.29, 0.717) is 45.2 Å². The van der Waals surface area contributed by atoms with E-state index in [1.54, 1.807) is 12.3 Å². The molecule has 0 saturated heterocycles. The average Bonchev–Trinajstić information content (AvgIpc) is 3.76. The third kappa shape index (κ3) is 5.76. The monoisotopic (exact) mass is 567 g/mol. The molecule has 9 nitrogen and oxygen atoms in total. The summed E-state index contributed by atoms with van der Waals surface area (Å²) in [4.78, 5) is 9.22. The molecule has 0 amide bonds. The number of pyridine rings is 1. The Kier molecular flexibility index (Phi) is 7.99. The van der Waals surface area contributed by atoms with Crippen LogP contribution >= 0.6 is 0 Å². The molecule has 2 atom stereocenters. The average molecular weight is 568 g/mol. The van der Waals surface area contributed by atoms with Crippen LogP contribution in [0.4, 0.5) is 11.4 Å². The van der Waals surface area contributed by atoms with E-state index in [1.165, 1.54) is 17.3 Å². The molecule has 0 unspecified atom stereocenters. The number of fused-ring (bicyclic) bond motifs is 2. The highest BCUT2D eigenvalue weighted by Gasteiger charge is 2.26. The van der Waals surface area contributed by atoms with Crippen LogP contribution in [0.25, 0.3) is 10.9 Å². The van der Waals surface area contributed by atoms with E-state index in [0.717, 1.165) is 43.5 Å². The second-order valence-electron chi connectivity index (χ2n) is 10.9. The highest BCUT2D eigenvalue weighted by molar-refractivity contribution is 6.33. The van der Waals surface area contributed by atoms with Crippen molar-refractivity contribution in [1.29, 1.82) is 10.5 Å². The Morgan fingerprint density at radius 1 is 1.07 bits per heavy atom. The van der Waals surface area contributed by atoms with Gasteiger partial charge in [-0.1, -0.05) is 55.5 Å². The van der Waals surface area contributed by atoms with Crippen LogP contribution in [-0.2, 0) is 13.1 Å². The number of hydrogen-bond donors (Lipinski definition) is 4. The number of aromatic nitrogens is 1. The Balaban J connectivity index is 1.47. The molecule has 6 rings (SSSR count). The van der Waals surface area contributed by atoms with Gasteiger partial charge in [-0.2, -0.15) is 15.6 Å². The zero-order valence-corrected chi connectivity index (χ0v) is 24.0. The molecule has 2 heterocycles. The van der Waals surface area contributed by atoms with Gasteiger partial charge in [-0.05, 0) is 53.6 Å². The predicted octanol–water partition coefficient (Wildman–Crippen LogP) is 5.85. The molecule has 1 fully saturated rings. The van der Waals surface area contributed by atoms with Crippen molar-refractivity contribution in [2.24, 2.45) is 15.9 Å². The quantitative estimate of drug-likeness (QED) is 0.107. The van der Waals surface area contributed by atoms with Gasteiger partial charge in [0.2, 0.25) is 0 Å². The molecule has 0 radical (unpaired) electrons. The minimum absolute atomic E-state index is 0.0391. The van der Waals surface area contributed by atoms with Crippen molar-refractivity contribution in [2.75, 3.05) is 10.6 Å². The van der Waals surface area contributed by atoms with E-state index in [4.69, 9.17) is 5.84 Å². The van der Waals surface area contributed by atoms with Crippen LogP contribution in [0.3, 0.4) is 0 Å². The third-order valence-electron chi connectivity index (χ3n) is 8.10. The standard InChI is InChI=1S/C34H33N9/c1-2-30(21-7-4-3-5-8-21)42-33-24(16-36)18-40-32-23(15-35)13-26(14-28(32)33)41-34(31(43-37)20-39-25-11-12-25)27-10-6-9-22-17-38-19-29(22)27/h3-10,13-14,18,20,25,30,34,38,41H,2,11-12,17,19,37H2,1H3,(H,40,42)/t30-,34+/m1/s1. The van der Waals surface area contributed by atoms with Crippen LogP contribution in [0, 0.1) is 22.7 Å². The molecular formula is C34H33N9. The molecule has 0 bridgehead atoms. The third-order valence-corrected chi connectivity index (χ3v) is 8.10. The van der Waals surface area contributed by atoms with Gasteiger partial charge in [0.15, 0.2) is 0 Å². The Hall–Kier alpha value is -5.25. The number of hydrazone groups is 1. The SMILES string of the molecule is CC[C@@H](Nc1c(C#N)cnc2c(C#N)cc(N[C@H](C(C=NC3CC3)=NN)c3cccc4c3CNC4)cc12)c1ccccc1. The first-order valence-corrected chi connectivity index (χ1v) is 14.6. The summed E-state index contributed by atoms with van der Waals surface area (Å²) in [5.41, 5.74) is 7.86. The number of anilines is 2. The van der Waals surface area contributed by atoms with Gasteiger partial charge in [0.25, 0.3) is 0 Å². The first-order chi connectivity index (χ1) is 21.1.